The monoisotopic (exact) mass is 371 g/mol. The average molecular weight is 371 g/mol. The predicted octanol–water partition coefficient (Wildman–Crippen LogP) is 2.21. The highest BCUT2D eigenvalue weighted by Crippen LogP contribution is 2.42. The third-order valence-electron chi connectivity index (χ3n) is 4.71. The maximum atomic E-state index is 13.2. The van der Waals surface area contributed by atoms with Crippen molar-refractivity contribution in [1.82, 2.24) is 24.8 Å². The van der Waals surface area contributed by atoms with Gasteiger partial charge in [-0.2, -0.15) is 10.1 Å². The second kappa shape index (κ2) is 6.82. The molecule has 140 valence electrons. The van der Waals surface area contributed by atoms with E-state index in [1.54, 1.807) is 35.0 Å². The smallest absolute Gasteiger partial charge is 0.232 e. The van der Waals surface area contributed by atoms with Crippen LogP contribution in [0.25, 0.3) is 0 Å². The van der Waals surface area contributed by atoms with E-state index < -0.39 is 0 Å². The fourth-order valence-electron chi connectivity index (χ4n) is 3.35. The quantitative estimate of drug-likeness (QED) is 0.683. The number of likely N-dealkylation sites (tertiary alicyclic amines) is 1. The topological polar surface area (TPSA) is 86.3 Å². The van der Waals surface area contributed by atoms with Gasteiger partial charge in [-0.1, -0.05) is 11.2 Å². The summed E-state index contributed by atoms with van der Waals surface area (Å²) in [5, 5.41) is 8.11. The maximum Gasteiger partial charge on any atom is 0.232 e. The van der Waals surface area contributed by atoms with Crippen molar-refractivity contribution in [2.75, 3.05) is 7.05 Å². The minimum Gasteiger partial charge on any atom is -0.485 e. The van der Waals surface area contributed by atoms with Crippen LogP contribution in [0.2, 0.25) is 0 Å². The molecule has 1 amide bonds. The zero-order chi connectivity index (χ0) is 19.0. The fraction of sp³-hybridized carbons (Fsp3) is 0.333. The van der Waals surface area contributed by atoms with Crippen LogP contribution < -0.4 is 4.74 Å². The Morgan fingerprint density at radius 2 is 2.19 bits per heavy atom. The number of carbonyl (C=O) groups excluding carboxylic acids is 1. The zero-order valence-electron chi connectivity index (χ0n) is 14.9. The zero-order valence-corrected chi connectivity index (χ0v) is 14.9. The van der Waals surface area contributed by atoms with Gasteiger partial charge in [0.05, 0.1) is 17.7 Å². The molecule has 9 heteroatoms. The molecule has 4 rings (SSSR count). The van der Waals surface area contributed by atoms with E-state index >= 15 is 0 Å². The summed E-state index contributed by atoms with van der Waals surface area (Å²) in [5.41, 5.74) is 0.893. The third kappa shape index (κ3) is 3.27. The Hall–Kier alpha value is -3.23. The lowest BCUT2D eigenvalue weighted by Crippen LogP contribution is -2.25. The molecular weight excluding hydrogens is 353 g/mol. The van der Waals surface area contributed by atoms with Crippen LogP contribution in [0.5, 0.6) is 5.75 Å². The van der Waals surface area contributed by atoms with Gasteiger partial charge in [0.15, 0.2) is 6.61 Å². The SMILES string of the molecule is CN1C(=O)CC(c2nc(COc3cccc(F)c3)no2)C1c1ccnn1C. The molecular formula is C18H18FN5O3. The van der Waals surface area contributed by atoms with Crippen LogP contribution in [0.1, 0.15) is 35.8 Å². The normalized spacial score (nSPS) is 19.7. The molecule has 1 fully saturated rings. The summed E-state index contributed by atoms with van der Waals surface area (Å²) in [7, 11) is 3.58. The number of likely N-dealkylation sites (N-methyl/N-ethyl adjacent to an activating group) is 1. The van der Waals surface area contributed by atoms with E-state index in [2.05, 4.69) is 15.2 Å². The van der Waals surface area contributed by atoms with Crippen molar-refractivity contribution in [3.63, 3.8) is 0 Å². The second-order valence-corrected chi connectivity index (χ2v) is 6.43. The van der Waals surface area contributed by atoms with Gasteiger partial charge in [0.2, 0.25) is 17.6 Å². The molecule has 1 aliphatic heterocycles. The first-order valence-electron chi connectivity index (χ1n) is 8.47. The second-order valence-electron chi connectivity index (χ2n) is 6.43. The molecule has 1 aromatic carbocycles. The Bertz CT molecular complexity index is 969. The number of nitrogens with zero attached hydrogens (tertiary/aromatic N) is 5. The van der Waals surface area contributed by atoms with Crippen LogP contribution in [0.3, 0.4) is 0 Å². The number of hydrogen-bond donors (Lipinski definition) is 0. The molecule has 2 unspecified atom stereocenters. The highest BCUT2D eigenvalue weighted by Gasteiger charge is 2.43. The first kappa shape index (κ1) is 17.2. The number of benzene rings is 1. The first-order valence-corrected chi connectivity index (χ1v) is 8.47. The van der Waals surface area contributed by atoms with E-state index in [1.165, 1.54) is 12.1 Å². The Morgan fingerprint density at radius 1 is 1.33 bits per heavy atom. The molecule has 8 nitrogen and oxygen atoms in total. The van der Waals surface area contributed by atoms with E-state index in [0.29, 0.717) is 17.5 Å². The van der Waals surface area contributed by atoms with Crippen LogP contribution in [0.15, 0.2) is 41.1 Å². The summed E-state index contributed by atoms with van der Waals surface area (Å²) in [5.74, 6) is 0.435. The van der Waals surface area contributed by atoms with Crippen LogP contribution in [0, 0.1) is 5.82 Å². The van der Waals surface area contributed by atoms with Gasteiger partial charge in [0.25, 0.3) is 0 Å². The lowest BCUT2D eigenvalue weighted by Gasteiger charge is -2.23. The van der Waals surface area contributed by atoms with E-state index in [1.807, 2.05) is 13.1 Å². The molecule has 27 heavy (non-hydrogen) atoms. The largest absolute Gasteiger partial charge is 0.485 e. The molecule has 2 atom stereocenters. The number of carbonyl (C=O) groups is 1. The van der Waals surface area contributed by atoms with E-state index in [-0.39, 0.29) is 36.7 Å². The van der Waals surface area contributed by atoms with Crippen molar-refractivity contribution < 1.29 is 18.4 Å². The van der Waals surface area contributed by atoms with Crippen LogP contribution in [0.4, 0.5) is 4.39 Å². The van der Waals surface area contributed by atoms with E-state index in [4.69, 9.17) is 9.26 Å². The number of halogens is 1. The molecule has 0 radical (unpaired) electrons. The van der Waals surface area contributed by atoms with Gasteiger partial charge in [-0.3, -0.25) is 9.48 Å². The van der Waals surface area contributed by atoms with Crippen molar-refractivity contribution in [2.24, 2.45) is 7.05 Å². The van der Waals surface area contributed by atoms with Gasteiger partial charge in [-0.25, -0.2) is 4.39 Å². The molecule has 0 saturated carbocycles. The van der Waals surface area contributed by atoms with Gasteiger partial charge in [-0.15, -0.1) is 0 Å². The van der Waals surface area contributed by atoms with Crippen molar-refractivity contribution in [1.29, 1.82) is 0 Å². The molecule has 1 saturated heterocycles. The van der Waals surface area contributed by atoms with Crippen molar-refractivity contribution in [3.05, 3.63) is 59.8 Å². The van der Waals surface area contributed by atoms with Gasteiger partial charge in [0.1, 0.15) is 11.6 Å². The summed E-state index contributed by atoms with van der Waals surface area (Å²) >= 11 is 0. The van der Waals surface area contributed by atoms with Crippen LogP contribution >= 0.6 is 0 Å². The number of aryl methyl sites for hydroxylation is 1. The molecule has 0 spiro atoms. The number of aromatic nitrogens is 4. The third-order valence-corrected chi connectivity index (χ3v) is 4.71. The molecule has 3 aromatic rings. The van der Waals surface area contributed by atoms with Gasteiger partial charge >= 0.3 is 0 Å². The number of hydrogen-bond acceptors (Lipinski definition) is 6. The maximum absolute atomic E-state index is 13.2. The Balaban J connectivity index is 1.53. The van der Waals surface area contributed by atoms with Crippen molar-refractivity contribution >= 4 is 5.91 Å². The number of rotatable bonds is 5. The molecule has 0 aliphatic carbocycles. The highest BCUT2D eigenvalue weighted by atomic mass is 19.1. The van der Waals surface area contributed by atoms with Crippen molar-refractivity contribution in [3.8, 4) is 5.75 Å². The Morgan fingerprint density at radius 3 is 2.93 bits per heavy atom. The molecule has 0 N–H and O–H groups in total. The molecule has 0 bridgehead atoms. The summed E-state index contributed by atoms with van der Waals surface area (Å²) in [6, 6.07) is 7.47. The Kier molecular flexibility index (Phi) is 4.35. The summed E-state index contributed by atoms with van der Waals surface area (Å²) in [4.78, 5) is 18.3. The molecule has 1 aliphatic rings. The average Bonchev–Trinajstić information content (AvgIpc) is 3.34. The summed E-state index contributed by atoms with van der Waals surface area (Å²) in [6.45, 7) is 0.0415. The molecule has 3 heterocycles. The standard InChI is InChI=1S/C18H18FN5O3/c1-23-16(25)9-13(17(23)14-6-7-20-24(14)2)18-21-15(22-27-18)10-26-12-5-3-4-11(19)8-12/h3-8,13,17H,9-10H2,1-2H3. The number of ether oxygens (including phenoxy) is 1. The van der Waals surface area contributed by atoms with Crippen LogP contribution in [-0.2, 0) is 18.4 Å². The fourth-order valence-corrected chi connectivity index (χ4v) is 3.35. The van der Waals surface area contributed by atoms with E-state index in [0.717, 1.165) is 5.69 Å². The molecule has 2 aromatic heterocycles. The summed E-state index contributed by atoms with van der Waals surface area (Å²) < 4.78 is 25.8. The highest BCUT2D eigenvalue weighted by molar-refractivity contribution is 5.80. The lowest BCUT2D eigenvalue weighted by molar-refractivity contribution is -0.127. The van der Waals surface area contributed by atoms with Gasteiger partial charge in [-0.05, 0) is 18.2 Å². The van der Waals surface area contributed by atoms with Crippen molar-refractivity contribution in [2.45, 2.75) is 25.0 Å². The van der Waals surface area contributed by atoms with Gasteiger partial charge in [0, 0.05) is 32.8 Å². The number of amides is 1. The summed E-state index contributed by atoms with van der Waals surface area (Å²) in [6.07, 6.45) is 1.97. The minimum absolute atomic E-state index is 0.00182. The predicted molar refractivity (Wildman–Crippen MR) is 91.1 cm³/mol. The van der Waals surface area contributed by atoms with Crippen LogP contribution in [-0.4, -0.2) is 37.8 Å². The minimum atomic E-state index is -0.382. The first-order chi connectivity index (χ1) is 13.0. The van der Waals surface area contributed by atoms with E-state index in [9.17, 15) is 9.18 Å². The van der Waals surface area contributed by atoms with Gasteiger partial charge < -0.3 is 14.2 Å². The lowest BCUT2D eigenvalue weighted by atomic mass is 9.97. The Labute approximate surface area is 154 Å².